The quantitative estimate of drug-likeness (QED) is 0.777. The minimum Gasteiger partial charge on any atom is -0.352 e. The molecule has 2 rings (SSSR count). The minimum atomic E-state index is -0.112. The maximum absolute atomic E-state index is 12.4. The molecule has 0 radical (unpaired) electrons. The Morgan fingerprint density at radius 3 is 3.00 bits per heavy atom. The number of carbonyl (C=O) groups excluding carboxylic acids is 2. The van der Waals surface area contributed by atoms with Crippen LogP contribution in [0.4, 0.5) is 5.82 Å². The highest BCUT2D eigenvalue weighted by molar-refractivity contribution is 5.92. The molecule has 0 spiro atoms. The molecule has 1 fully saturated rings. The third-order valence-electron chi connectivity index (χ3n) is 3.85. The van der Waals surface area contributed by atoms with E-state index in [2.05, 4.69) is 22.2 Å². The van der Waals surface area contributed by atoms with Crippen molar-refractivity contribution in [1.82, 2.24) is 15.2 Å². The lowest BCUT2D eigenvalue weighted by Crippen LogP contribution is -2.45. The fourth-order valence-corrected chi connectivity index (χ4v) is 2.63. The van der Waals surface area contributed by atoms with Gasteiger partial charge in [0.1, 0.15) is 5.82 Å². The van der Waals surface area contributed by atoms with Crippen molar-refractivity contribution in [2.45, 2.75) is 19.8 Å². The van der Waals surface area contributed by atoms with E-state index in [9.17, 15) is 9.59 Å². The number of piperidine rings is 1. The van der Waals surface area contributed by atoms with Crippen LogP contribution in [0.2, 0.25) is 0 Å². The van der Waals surface area contributed by atoms with E-state index in [-0.39, 0.29) is 17.7 Å². The predicted molar refractivity (Wildman–Crippen MR) is 90.0 cm³/mol. The number of nitrogens with zero attached hydrogens (tertiary/aromatic N) is 2. The van der Waals surface area contributed by atoms with Crippen molar-refractivity contribution in [3.8, 4) is 0 Å². The second-order valence-electron chi connectivity index (χ2n) is 5.88. The fourth-order valence-electron chi connectivity index (χ4n) is 2.63. The molecule has 1 atom stereocenters. The number of pyridine rings is 1. The molecule has 2 N–H and O–H groups in total. The van der Waals surface area contributed by atoms with Gasteiger partial charge in [0.25, 0.3) is 0 Å². The number of rotatable bonds is 6. The molecule has 0 unspecified atom stereocenters. The van der Waals surface area contributed by atoms with E-state index < -0.39 is 0 Å². The monoisotopic (exact) mass is 316 g/mol. The molecule has 1 aromatic rings. The molecule has 1 aromatic heterocycles. The maximum atomic E-state index is 12.4. The van der Waals surface area contributed by atoms with E-state index in [0.29, 0.717) is 25.5 Å². The van der Waals surface area contributed by atoms with Gasteiger partial charge >= 0.3 is 0 Å². The van der Waals surface area contributed by atoms with Gasteiger partial charge in [-0.1, -0.05) is 12.1 Å². The normalized spacial score (nSPS) is 18.2. The third kappa shape index (κ3) is 5.49. The second-order valence-corrected chi connectivity index (χ2v) is 5.88. The van der Waals surface area contributed by atoms with Gasteiger partial charge in [-0.05, 0) is 37.9 Å². The fraction of sp³-hybridized carbons (Fsp3) is 0.471. The summed E-state index contributed by atoms with van der Waals surface area (Å²) in [6, 6.07) is 3.72. The van der Waals surface area contributed by atoms with E-state index >= 15 is 0 Å². The molecule has 23 heavy (non-hydrogen) atoms. The van der Waals surface area contributed by atoms with Gasteiger partial charge < -0.3 is 10.6 Å². The van der Waals surface area contributed by atoms with Gasteiger partial charge in [0, 0.05) is 19.3 Å². The molecule has 0 aliphatic carbocycles. The Kier molecular flexibility index (Phi) is 6.29. The molecule has 0 saturated carbocycles. The van der Waals surface area contributed by atoms with Gasteiger partial charge in [0.2, 0.25) is 11.8 Å². The second kappa shape index (κ2) is 8.43. The standard InChI is InChI=1S/C17H24N4O2/c1-3-8-18-16(22)12-21-9-4-5-14(11-21)17(23)20-15-7-6-13(2)10-19-15/h3,6-7,10,14H,1,4-5,8-9,11-12H2,2H3,(H,18,22)(H,19,20,23)/t14-/m0/s1. The first-order valence-corrected chi connectivity index (χ1v) is 7.92. The van der Waals surface area contributed by atoms with Crippen molar-refractivity contribution < 1.29 is 9.59 Å². The van der Waals surface area contributed by atoms with Crippen molar-refractivity contribution >= 4 is 17.6 Å². The molecule has 0 aromatic carbocycles. The molecule has 6 nitrogen and oxygen atoms in total. The van der Waals surface area contributed by atoms with Crippen molar-refractivity contribution in [3.63, 3.8) is 0 Å². The molecule has 6 heteroatoms. The van der Waals surface area contributed by atoms with Crippen molar-refractivity contribution in [1.29, 1.82) is 0 Å². The first kappa shape index (κ1) is 17.1. The summed E-state index contributed by atoms with van der Waals surface area (Å²) in [5.74, 6) is 0.393. The van der Waals surface area contributed by atoms with Gasteiger partial charge in [0.05, 0.1) is 12.5 Å². The number of hydrogen-bond donors (Lipinski definition) is 2. The van der Waals surface area contributed by atoms with Crippen molar-refractivity contribution in [2.75, 3.05) is 31.5 Å². The van der Waals surface area contributed by atoms with Gasteiger partial charge in [0.15, 0.2) is 0 Å². The largest absolute Gasteiger partial charge is 0.352 e. The summed E-state index contributed by atoms with van der Waals surface area (Å²) in [6.45, 7) is 7.75. The van der Waals surface area contributed by atoms with Crippen LogP contribution >= 0.6 is 0 Å². The molecule has 1 aliphatic heterocycles. The lowest BCUT2D eigenvalue weighted by atomic mass is 9.97. The highest BCUT2D eigenvalue weighted by Gasteiger charge is 2.26. The minimum absolute atomic E-state index is 0.0300. The lowest BCUT2D eigenvalue weighted by molar-refractivity contribution is -0.125. The summed E-state index contributed by atoms with van der Waals surface area (Å²) in [7, 11) is 0. The van der Waals surface area contributed by atoms with Gasteiger partial charge in [-0.2, -0.15) is 0 Å². The predicted octanol–water partition coefficient (Wildman–Crippen LogP) is 1.34. The number of likely N-dealkylation sites (tertiary alicyclic amines) is 1. The van der Waals surface area contributed by atoms with Crippen molar-refractivity contribution in [3.05, 3.63) is 36.5 Å². The molecule has 0 bridgehead atoms. The molecular weight excluding hydrogens is 292 g/mol. The van der Waals surface area contributed by atoms with E-state index in [1.54, 1.807) is 18.3 Å². The zero-order valence-electron chi connectivity index (χ0n) is 13.5. The van der Waals surface area contributed by atoms with Crippen LogP contribution in [0.1, 0.15) is 18.4 Å². The Morgan fingerprint density at radius 2 is 2.30 bits per heavy atom. The number of hydrogen-bond acceptors (Lipinski definition) is 4. The SMILES string of the molecule is C=CCNC(=O)CN1CCC[C@H](C(=O)Nc2ccc(C)cn2)C1. The number of amides is 2. The van der Waals surface area contributed by atoms with Crippen LogP contribution < -0.4 is 10.6 Å². The zero-order valence-corrected chi connectivity index (χ0v) is 13.5. The summed E-state index contributed by atoms with van der Waals surface area (Å²) < 4.78 is 0. The molecule has 2 amide bonds. The number of aromatic nitrogens is 1. The van der Waals surface area contributed by atoms with Crippen molar-refractivity contribution in [2.24, 2.45) is 5.92 Å². The van der Waals surface area contributed by atoms with Crippen LogP contribution in [0.25, 0.3) is 0 Å². The smallest absolute Gasteiger partial charge is 0.234 e. The molecule has 1 aliphatic rings. The zero-order chi connectivity index (χ0) is 16.7. The average molecular weight is 316 g/mol. The first-order chi connectivity index (χ1) is 11.1. The Labute approximate surface area is 137 Å². The summed E-state index contributed by atoms with van der Waals surface area (Å²) >= 11 is 0. The number of anilines is 1. The van der Waals surface area contributed by atoms with E-state index in [0.717, 1.165) is 24.9 Å². The van der Waals surface area contributed by atoms with E-state index in [1.807, 2.05) is 17.9 Å². The Bertz CT molecular complexity index is 556. The summed E-state index contributed by atoms with van der Waals surface area (Å²) in [5, 5.41) is 5.62. The summed E-state index contributed by atoms with van der Waals surface area (Å²) in [5.41, 5.74) is 1.05. The highest BCUT2D eigenvalue weighted by Crippen LogP contribution is 2.18. The van der Waals surface area contributed by atoms with Crippen LogP contribution in [0.15, 0.2) is 31.0 Å². The van der Waals surface area contributed by atoms with Crippen LogP contribution in [0, 0.1) is 12.8 Å². The van der Waals surface area contributed by atoms with E-state index in [4.69, 9.17) is 0 Å². The van der Waals surface area contributed by atoms with Crippen LogP contribution in [0.3, 0.4) is 0 Å². The summed E-state index contributed by atoms with van der Waals surface area (Å²) in [6.07, 6.45) is 5.13. The molecular formula is C17H24N4O2. The third-order valence-corrected chi connectivity index (χ3v) is 3.85. The molecule has 1 saturated heterocycles. The topological polar surface area (TPSA) is 74.3 Å². The Morgan fingerprint density at radius 1 is 1.48 bits per heavy atom. The van der Waals surface area contributed by atoms with E-state index in [1.165, 1.54) is 0 Å². The lowest BCUT2D eigenvalue weighted by Gasteiger charge is -2.31. The highest BCUT2D eigenvalue weighted by atomic mass is 16.2. The first-order valence-electron chi connectivity index (χ1n) is 7.92. The average Bonchev–Trinajstić information content (AvgIpc) is 2.55. The number of nitrogens with one attached hydrogen (secondary N) is 2. The van der Waals surface area contributed by atoms with Crippen LogP contribution in [-0.2, 0) is 9.59 Å². The number of aryl methyl sites for hydroxylation is 1. The van der Waals surface area contributed by atoms with Crippen LogP contribution in [0.5, 0.6) is 0 Å². The van der Waals surface area contributed by atoms with Gasteiger partial charge in [-0.15, -0.1) is 6.58 Å². The number of carbonyl (C=O) groups is 2. The van der Waals surface area contributed by atoms with Gasteiger partial charge in [-0.25, -0.2) is 4.98 Å². The molecule has 124 valence electrons. The molecule has 2 heterocycles. The van der Waals surface area contributed by atoms with Gasteiger partial charge in [-0.3, -0.25) is 14.5 Å². The summed E-state index contributed by atoms with van der Waals surface area (Å²) in [4.78, 5) is 30.3. The Balaban J connectivity index is 1.84. The Hall–Kier alpha value is -2.21. The maximum Gasteiger partial charge on any atom is 0.234 e. The van der Waals surface area contributed by atoms with Crippen LogP contribution in [-0.4, -0.2) is 47.9 Å².